The summed E-state index contributed by atoms with van der Waals surface area (Å²) < 4.78 is 1.96. The van der Waals surface area contributed by atoms with E-state index in [1.165, 1.54) is 11.3 Å². The Balaban J connectivity index is 1.45. The summed E-state index contributed by atoms with van der Waals surface area (Å²) in [6, 6.07) is 15.7. The lowest BCUT2D eigenvalue weighted by Crippen LogP contribution is -2.31. The van der Waals surface area contributed by atoms with E-state index >= 15 is 0 Å². The molecule has 4 heterocycles. The number of pyridine rings is 1. The Hall–Kier alpha value is -3.06. The van der Waals surface area contributed by atoms with Crippen molar-refractivity contribution in [3.8, 4) is 10.6 Å². The van der Waals surface area contributed by atoms with Gasteiger partial charge in [-0.15, -0.1) is 21.5 Å². The molecule has 1 fully saturated rings. The monoisotopic (exact) mass is 375 g/mol. The van der Waals surface area contributed by atoms with Crippen molar-refractivity contribution in [1.82, 2.24) is 24.5 Å². The Morgan fingerprint density at radius 1 is 1.07 bits per heavy atom. The first-order valence-corrected chi connectivity index (χ1v) is 9.81. The summed E-state index contributed by atoms with van der Waals surface area (Å²) >= 11 is 1.50. The maximum Gasteiger partial charge on any atom is 0.273 e. The lowest BCUT2D eigenvalue weighted by molar-refractivity contribution is 0.0724. The Labute approximate surface area is 160 Å². The number of carbonyl (C=O) groups is 1. The number of fused-ring (bicyclic) bond motifs is 1. The molecule has 0 bridgehead atoms. The highest BCUT2D eigenvalue weighted by Crippen LogP contribution is 2.33. The van der Waals surface area contributed by atoms with Gasteiger partial charge in [-0.05, 0) is 25.0 Å². The van der Waals surface area contributed by atoms with Crippen molar-refractivity contribution in [1.29, 1.82) is 0 Å². The van der Waals surface area contributed by atoms with Gasteiger partial charge in [-0.1, -0.05) is 36.4 Å². The Bertz CT molecular complexity index is 1100. The van der Waals surface area contributed by atoms with Crippen LogP contribution in [0.4, 0.5) is 0 Å². The van der Waals surface area contributed by atoms with Crippen LogP contribution in [-0.4, -0.2) is 36.9 Å². The topological polar surface area (TPSA) is 63.4 Å². The summed E-state index contributed by atoms with van der Waals surface area (Å²) in [5, 5.41) is 11.3. The molecule has 27 heavy (non-hydrogen) atoms. The van der Waals surface area contributed by atoms with Gasteiger partial charge in [0.2, 0.25) is 0 Å². The molecule has 6 nitrogen and oxygen atoms in total. The fraction of sp³-hybridized carbons (Fsp3) is 0.200. The fourth-order valence-electron chi connectivity index (χ4n) is 3.60. The number of benzene rings is 1. The largest absolute Gasteiger partial charge is 0.327 e. The number of aromatic nitrogens is 4. The smallest absolute Gasteiger partial charge is 0.273 e. The molecule has 3 aromatic heterocycles. The number of hydrogen-bond acceptors (Lipinski definition) is 5. The number of likely N-dealkylation sites (tertiary alicyclic amines) is 1. The minimum absolute atomic E-state index is 0.0383. The number of carbonyl (C=O) groups excluding carboxylic acids is 1. The van der Waals surface area contributed by atoms with Gasteiger partial charge in [0.15, 0.2) is 11.5 Å². The summed E-state index contributed by atoms with van der Waals surface area (Å²) in [5.74, 6) is 0.776. The average Bonchev–Trinajstić information content (AvgIpc) is 3.46. The quantitative estimate of drug-likeness (QED) is 0.546. The van der Waals surface area contributed by atoms with Crippen molar-refractivity contribution in [3.63, 3.8) is 0 Å². The standard InChI is InChI=1S/C20H17N5OS/c26-20(15-13-27-19(21-15)14-7-2-1-3-8-14)24-12-6-9-16(24)18-23-22-17-10-4-5-11-25(17)18/h1-5,7-8,10-11,13,16H,6,9,12H2. The van der Waals surface area contributed by atoms with Crippen molar-refractivity contribution in [2.45, 2.75) is 18.9 Å². The molecule has 0 saturated carbocycles. The SMILES string of the molecule is O=C(c1csc(-c2ccccc2)n1)N1CCCC1c1nnc2ccccn12. The Kier molecular flexibility index (Phi) is 3.94. The molecule has 1 atom stereocenters. The molecule has 134 valence electrons. The van der Waals surface area contributed by atoms with Gasteiger partial charge in [0, 0.05) is 23.7 Å². The molecular weight excluding hydrogens is 358 g/mol. The van der Waals surface area contributed by atoms with Gasteiger partial charge in [0.25, 0.3) is 5.91 Å². The molecule has 4 aromatic rings. The number of nitrogens with zero attached hydrogens (tertiary/aromatic N) is 5. The van der Waals surface area contributed by atoms with E-state index in [2.05, 4.69) is 15.2 Å². The molecule has 5 rings (SSSR count). The highest BCUT2D eigenvalue weighted by atomic mass is 32.1. The molecule has 0 N–H and O–H groups in total. The number of amides is 1. The van der Waals surface area contributed by atoms with E-state index in [9.17, 15) is 4.79 Å². The fourth-order valence-corrected chi connectivity index (χ4v) is 4.40. The van der Waals surface area contributed by atoms with E-state index in [4.69, 9.17) is 0 Å². The first-order chi connectivity index (χ1) is 13.3. The third-order valence-corrected chi connectivity index (χ3v) is 5.79. The van der Waals surface area contributed by atoms with Crippen LogP contribution in [0.3, 0.4) is 0 Å². The second-order valence-corrected chi connectivity index (χ2v) is 7.41. The summed E-state index contributed by atoms with van der Waals surface area (Å²) in [6.07, 6.45) is 3.78. The van der Waals surface area contributed by atoms with Gasteiger partial charge < -0.3 is 4.90 Å². The van der Waals surface area contributed by atoms with Gasteiger partial charge in [-0.3, -0.25) is 9.20 Å². The summed E-state index contributed by atoms with van der Waals surface area (Å²) in [7, 11) is 0. The molecule has 0 spiro atoms. The molecule has 1 aromatic carbocycles. The maximum atomic E-state index is 13.1. The lowest BCUT2D eigenvalue weighted by atomic mass is 10.2. The number of rotatable bonds is 3. The third kappa shape index (κ3) is 2.80. The summed E-state index contributed by atoms with van der Waals surface area (Å²) in [6.45, 7) is 0.712. The second kappa shape index (κ2) is 6.59. The van der Waals surface area contributed by atoms with Crippen LogP contribution in [0.5, 0.6) is 0 Å². The summed E-state index contributed by atoms with van der Waals surface area (Å²) in [4.78, 5) is 19.6. The van der Waals surface area contributed by atoms with Crippen LogP contribution < -0.4 is 0 Å². The van der Waals surface area contributed by atoms with Gasteiger partial charge >= 0.3 is 0 Å². The molecule has 1 aliphatic rings. The van der Waals surface area contributed by atoms with E-state index in [0.717, 1.165) is 34.9 Å². The first kappa shape index (κ1) is 16.1. The molecular formula is C20H17N5OS. The number of hydrogen-bond donors (Lipinski definition) is 0. The third-order valence-electron chi connectivity index (χ3n) is 4.90. The van der Waals surface area contributed by atoms with Crippen LogP contribution in [0.2, 0.25) is 0 Å². The summed E-state index contributed by atoms with van der Waals surface area (Å²) in [5.41, 5.74) is 2.33. The zero-order valence-corrected chi connectivity index (χ0v) is 15.3. The molecule has 0 aliphatic carbocycles. The van der Waals surface area contributed by atoms with Gasteiger partial charge in [-0.25, -0.2) is 4.98 Å². The normalized spacial score (nSPS) is 16.9. The first-order valence-electron chi connectivity index (χ1n) is 8.93. The minimum Gasteiger partial charge on any atom is -0.327 e. The van der Waals surface area contributed by atoms with Gasteiger partial charge in [0.05, 0.1) is 6.04 Å². The van der Waals surface area contributed by atoms with Crippen LogP contribution in [-0.2, 0) is 0 Å². The van der Waals surface area contributed by atoms with E-state index < -0.39 is 0 Å². The molecule has 1 saturated heterocycles. The van der Waals surface area contributed by atoms with Crippen molar-refractivity contribution in [3.05, 3.63) is 71.6 Å². The van der Waals surface area contributed by atoms with Crippen molar-refractivity contribution < 1.29 is 4.79 Å². The zero-order chi connectivity index (χ0) is 18.2. The molecule has 1 unspecified atom stereocenters. The molecule has 7 heteroatoms. The molecule has 0 radical (unpaired) electrons. The van der Waals surface area contributed by atoms with E-state index in [1.54, 1.807) is 0 Å². The van der Waals surface area contributed by atoms with Gasteiger partial charge in [-0.2, -0.15) is 0 Å². The van der Waals surface area contributed by atoms with Crippen LogP contribution in [0.15, 0.2) is 60.1 Å². The van der Waals surface area contributed by atoms with Crippen LogP contribution >= 0.6 is 11.3 Å². The average molecular weight is 375 g/mol. The Morgan fingerprint density at radius 2 is 1.93 bits per heavy atom. The lowest BCUT2D eigenvalue weighted by Gasteiger charge is -2.22. The minimum atomic E-state index is -0.0724. The van der Waals surface area contributed by atoms with Crippen LogP contribution in [0.1, 0.15) is 35.2 Å². The highest BCUT2D eigenvalue weighted by molar-refractivity contribution is 7.13. The van der Waals surface area contributed by atoms with Crippen molar-refractivity contribution >= 4 is 22.9 Å². The van der Waals surface area contributed by atoms with E-state index in [0.29, 0.717) is 12.2 Å². The van der Waals surface area contributed by atoms with Gasteiger partial charge in [0.1, 0.15) is 10.7 Å². The maximum absolute atomic E-state index is 13.1. The zero-order valence-electron chi connectivity index (χ0n) is 14.5. The number of thiazole rings is 1. The molecule has 1 aliphatic heterocycles. The molecule has 1 amide bonds. The Morgan fingerprint density at radius 3 is 2.81 bits per heavy atom. The second-order valence-electron chi connectivity index (χ2n) is 6.55. The van der Waals surface area contributed by atoms with Crippen LogP contribution in [0, 0.1) is 0 Å². The van der Waals surface area contributed by atoms with Crippen LogP contribution in [0.25, 0.3) is 16.2 Å². The van der Waals surface area contributed by atoms with E-state index in [1.807, 2.05) is 69.4 Å². The highest BCUT2D eigenvalue weighted by Gasteiger charge is 2.34. The van der Waals surface area contributed by atoms with Crippen molar-refractivity contribution in [2.75, 3.05) is 6.54 Å². The van der Waals surface area contributed by atoms with E-state index in [-0.39, 0.29) is 11.9 Å². The van der Waals surface area contributed by atoms with Crippen molar-refractivity contribution in [2.24, 2.45) is 0 Å². The predicted octanol–water partition coefficient (Wildman–Crippen LogP) is 3.83. The predicted molar refractivity (Wildman–Crippen MR) is 104 cm³/mol.